The third-order valence-corrected chi connectivity index (χ3v) is 7.34. The van der Waals surface area contributed by atoms with Crippen LogP contribution in [0.15, 0.2) is 29.2 Å². The molecular formula is C19H20N2O6S2. The molecule has 2 amide bonds. The van der Waals surface area contributed by atoms with Gasteiger partial charge in [-0.1, -0.05) is 19.1 Å². The summed E-state index contributed by atoms with van der Waals surface area (Å²) in [5.74, 6) is -2.02. The van der Waals surface area contributed by atoms with Gasteiger partial charge in [0, 0.05) is 4.88 Å². The maximum Gasteiger partial charge on any atom is 0.341 e. The minimum absolute atomic E-state index is 0.0350. The van der Waals surface area contributed by atoms with Crippen LogP contribution in [0.2, 0.25) is 0 Å². The molecule has 154 valence electrons. The molecule has 2 aromatic rings. The van der Waals surface area contributed by atoms with E-state index in [1.165, 1.54) is 29.5 Å². The van der Waals surface area contributed by atoms with E-state index in [4.69, 9.17) is 4.74 Å². The van der Waals surface area contributed by atoms with Crippen LogP contribution in [-0.2, 0) is 26.0 Å². The fourth-order valence-electron chi connectivity index (χ4n) is 3.20. The minimum Gasteiger partial charge on any atom is -0.462 e. The molecule has 1 aliphatic rings. The SMILES string of the molecule is CCOC(=O)c1c(NC(=O)CN2C(=O)c3ccccc3S2(=O)=O)sc(C)c1CC. The largest absolute Gasteiger partial charge is 0.462 e. The van der Waals surface area contributed by atoms with Gasteiger partial charge >= 0.3 is 5.97 Å². The molecule has 10 heteroatoms. The number of sulfonamides is 1. The molecule has 8 nitrogen and oxygen atoms in total. The van der Waals surface area contributed by atoms with Crippen molar-refractivity contribution in [2.45, 2.75) is 32.1 Å². The molecule has 0 unspecified atom stereocenters. The van der Waals surface area contributed by atoms with E-state index >= 15 is 0 Å². The smallest absolute Gasteiger partial charge is 0.341 e. The van der Waals surface area contributed by atoms with Crippen LogP contribution in [0.1, 0.15) is 45.0 Å². The lowest BCUT2D eigenvalue weighted by molar-refractivity contribution is -0.116. The van der Waals surface area contributed by atoms with Crippen LogP contribution in [0.4, 0.5) is 5.00 Å². The maximum absolute atomic E-state index is 12.6. The number of hydrogen-bond acceptors (Lipinski definition) is 7. The number of thiophene rings is 1. The molecule has 1 aromatic heterocycles. The second-order valence-electron chi connectivity index (χ2n) is 6.28. The number of carbonyl (C=O) groups excluding carboxylic acids is 3. The molecule has 0 aliphatic carbocycles. The Balaban J connectivity index is 1.86. The van der Waals surface area contributed by atoms with Gasteiger partial charge in [-0.2, -0.15) is 0 Å². The number of nitrogens with zero attached hydrogens (tertiary/aromatic N) is 1. The van der Waals surface area contributed by atoms with Gasteiger partial charge in [0.05, 0.1) is 17.7 Å². The molecule has 0 saturated heterocycles. The fourth-order valence-corrected chi connectivity index (χ4v) is 5.87. The lowest BCUT2D eigenvalue weighted by Crippen LogP contribution is -2.37. The first-order chi connectivity index (χ1) is 13.7. The molecule has 1 N–H and O–H groups in total. The van der Waals surface area contributed by atoms with Crippen molar-refractivity contribution in [2.24, 2.45) is 0 Å². The molecule has 0 bridgehead atoms. The Kier molecular flexibility index (Phi) is 5.76. The van der Waals surface area contributed by atoms with Crippen molar-refractivity contribution < 1.29 is 27.5 Å². The van der Waals surface area contributed by atoms with Gasteiger partial charge in [-0.25, -0.2) is 17.5 Å². The molecule has 0 fully saturated rings. The lowest BCUT2D eigenvalue weighted by atomic mass is 10.1. The molecule has 0 atom stereocenters. The number of aryl methyl sites for hydroxylation is 1. The Bertz CT molecular complexity index is 1100. The van der Waals surface area contributed by atoms with Gasteiger partial charge in [-0.05, 0) is 38.0 Å². The van der Waals surface area contributed by atoms with E-state index in [-0.39, 0.29) is 27.6 Å². The van der Waals surface area contributed by atoms with Gasteiger partial charge in [0.1, 0.15) is 16.4 Å². The summed E-state index contributed by atoms with van der Waals surface area (Å²) in [6, 6.07) is 5.80. The average molecular weight is 437 g/mol. The molecule has 1 aromatic carbocycles. The second-order valence-corrected chi connectivity index (χ2v) is 9.33. The summed E-state index contributed by atoms with van der Waals surface area (Å²) < 4.78 is 30.8. The third-order valence-electron chi connectivity index (χ3n) is 4.49. The monoisotopic (exact) mass is 436 g/mol. The molecule has 3 rings (SSSR count). The fraction of sp³-hybridized carbons (Fsp3) is 0.316. The molecule has 29 heavy (non-hydrogen) atoms. The van der Waals surface area contributed by atoms with Gasteiger partial charge in [0.15, 0.2) is 0 Å². The Morgan fingerprint density at radius 3 is 2.52 bits per heavy atom. The summed E-state index contributed by atoms with van der Waals surface area (Å²) in [6.07, 6.45) is 0.570. The number of amides is 2. The van der Waals surface area contributed by atoms with Gasteiger partial charge in [-0.3, -0.25) is 9.59 Å². The summed E-state index contributed by atoms with van der Waals surface area (Å²) in [6.45, 7) is 4.89. The summed E-state index contributed by atoms with van der Waals surface area (Å²) >= 11 is 1.21. The molecule has 0 spiro atoms. The predicted octanol–water partition coefficient (Wildman–Crippen LogP) is 2.58. The summed E-state index contributed by atoms with van der Waals surface area (Å²) in [7, 11) is -4.09. The maximum atomic E-state index is 12.6. The lowest BCUT2D eigenvalue weighted by Gasteiger charge is -2.15. The van der Waals surface area contributed by atoms with Crippen LogP contribution in [0.3, 0.4) is 0 Å². The van der Waals surface area contributed by atoms with E-state index in [0.717, 1.165) is 10.4 Å². The second kappa shape index (κ2) is 7.96. The zero-order valence-electron chi connectivity index (χ0n) is 16.1. The van der Waals surface area contributed by atoms with E-state index in [1.54, 1.807) is 13.0 Å². The number of hydrogen-bond donors (Lipinski definition) is 1. The molecule has 0 saturated carbocycles. The highest BCUT2D eigenvalue weighted by molar-refractivity contribution is 7.90. The Morgan fingerprint density at radius 1 is 1.21 bits per heavy atom. The van der Waals surface area contributed by atoms with Crippen molar-refractivity contribution in [1.29, 1.82) is 0 Å². The molecular weight excluding hydrogens is 416 g/mol. The summed E-state index contributed by atoms with van der Waals surface area (Å²) in [5.41, 5.74) is 1.07. The van der Waals surface area contributed by atoms with Crippen LogP contribution in [-0.4, -0.2) is 43.7 Å². The van der Waals surface area contributed by atoms with Gasteiger partial charge in [0.2, 0.25) is 5.91 Å². The number of ether oxygens (including phenoxy) is 1. The number of anilines is 1. The predicted molar refractivity (Wildman–Crippen MR) is 108 cm³/mol. The first-order valence-corrected chi connectivity index (χ1v) is 11.2. The van der Waals surface area contributed by atoms with Gasteiger partial charge < -0.3 is 10.1 Å². The number of fused-ring (bicyclic) bond motifs is 1. The zero-order chi connectivity index (χ0) is 21.3. The van der Waals surface area contributed by atoms with Crippen molar-refractivity contribution in [3.8, 4) is 0 Å². The number of nitrogens with one attached hydrogen (secondary N) is 1. The quantitative estimate of drug-likeness (QED) is 0.697. The Hall–Kier alpha value is -2.72. The normalized spacial score (nSPS) is 14.6. The van der Waals surface area contributed by atoms with Crippen molar-refractivity contribution in [2.75, 3.05) is 18.5 Å². The zero-order valence-corrected chi connectivity index (χ0v) is 17.8. The van der Waals surface area contributed by atoms with E-state index < -0.39 is 34.4 Å². The Morgan fingerprint density at radius 2 is 1.90 bits per heavy atom. The third kappa shape index (κ3) is 3.65. The van der Waals surface area contributed by atoms with Crippen molar-refractivity contribution in [3.05, 3.63) is 45.8 Å². The van der Waals surface area contributed by atoms with Crippen molar-refractivity contribution in [3.63, 3.8) is 0 Å². The summed E-state index contributed by atoms with van der Waals surface area (Å²) in [4.78, 5) is 38.1. The number of carbonyl (C=O) groups is 3. The van der Waals surface area contributed by atoms with Crippen molar-refractivity contribution in [1.82, 2.24) is 4.31 Å². The number of benzene rings is 1. The standard InChI is InChI=1S/C19H20N2O6S2/c1-4-12-11(3)28-17(16(12)19(24)27-5-2)20-15(22)10-21-18(23)13-8-6-7-9-14(13)29(21,25)26/h6-9H,4-5,10H2,1-3H3,(H,20,22). The molecule has 2 heterocycles. The minimum atomic E-state index is -4.09. The van der Waals surface area contributed by atoms with E-state index in [1.807, 2.05) is 13.8 Å². The van der Waals surface area contributed by atoms with E-state index in [9.17, 15) is 22.8 Å². The molecule has 1 aliphatic heterocycles. The van der Waals surface area contributed by atoms with E-state index in [2.05, 4.69) is 5.32 Å². The summed E-state index contributed by atoms with van der Waals surface area (Å²) in [5, 5.41) is 2.86. The highest BCUT2D eigenvalue weighted by atomic mass is 32.2. The Labute approximate surface area is 172 Å². The first kappa shape index (κ1) is 21.0. The van der Waals surface area contributed by atoms with Crippen molar-refractivity contribution >= 4 is 44.1 Å². The molecule has 0 radical (unpaired) electrons. The first-order valence-electron chi connectivity index (χ1n) is 8.97. The van der Waals surface area contributed by atoms with Gasteiger partial charge in [-0.15, -0.1) is 11.3 Å². The highest BCUT2D eigenvalue weighted by Gasteiger charge is 2.42. The van der Waals surface area contributed by atoms with Crippen LogP contribution in [0.5, 0.6) is 0 Å². The van der Waals surface area contributed by atoms with Crippen LogP contribution < -0.4 is 5.32 Å². The van der Waals surface area contributed by atoms with E-state index in [0.29, 0.717) is 10.7 Å². The highest BCUT2D eigenvalue weighted by Crippen LogP contribution is 2.34. The topological polar surface area (TPSA) is 110 Å². The van der Waals surface area contributed by atoms with Crippen LogP contribution in [0, 0.1) is 6.92 Å². The average Bonchev–Trinajstić information content (AvgIpc) is 3.08. The number of rotatable bonds is 6. The van der Waals surface area contributed by atoms with Crippen LogP contribution >= 0.6 is 11.3 Å². The number of esters is 1. The van der Waals surface area contributed by atoms with Crippen LogP contribution in [0.25, 0.3) is 0 Å². The van der Waals surface area contributed by atoms with Gasteiger partial charge in [0.25, 0.3) is 15.9 Å².